The first-order valence-corrected chi connectivity index (χ1v) is 6.39. The minimum Gasteiger partial charge on any atom is -0.459 e. The van der Waals surface area contributed by atoms with Gasteiger partial charge in [-0.3, -0.25) is 4.79 Å². The van der Waals surface area contributed by atoms with E-state index in [2.05, 4.69) is 10.1 Å². The van der Waals surface area contributed by atoms with Gasteiger partial charge in [0.05, 0.1) is 6.61 Å². The molecule has 0 bridgehead atoms. The van der Waals surface area contributed by atoms with E-state index in [1.807, 2.05) is 45.0 Å². The lowest BCUT2D eigenvalue weighted by atomic mass is 9.82. The van der Waals surface area contributed by atoms with Crippen molar-refractivity contribution in [1.82, 2.24) is 5.32 Å². The van der Waals surface area contributed by atoms with Crippen LogP contribution in [0.2, 0.25) is 0 Å². The lowest BCUT2D eigenvalue weighted by Crippen LogP contribution is -2.40. The summed E-state index contributed by atoms with van der Waals surface area (Å²) in [5, 5.41) is 2.62. The van der Waals surface area contributed by atoms with Gasteiger partial charge in [0.15, 0.2) is 0 Å². The first-order chi connectivity index (χ1) is 8.88. The molecule has 0 aliphatic rings. The molecule has 0 heterocycles. The summed E-state index contributed by atoms with van der Waals surface area (Å²) >= 11 is 0. The Bertz CT molecular complexity index is 466. The number of rotatable bonds is 4. The van der Waals surface area contributed by atoms with Crippen molar-refractivity contribution < 1.29 is 14.3 Å². The van der Waals surface area contributed by atoms with Crippen LogP contribution in [-0.2, 0) is 19.7 Å². The SMILES string of the molecule is CCOC(=O)C(=O)NCC(C)(C)c1ccccc1C. The summed E-state index contributed by atoms with van der Waals surface area (Å²) in [6.07, 6.45) is 0. The molecular formula is C15H21NO3. The summed E-state index contributed by atoms with van der Waals surface area (Å²) in [6, 6.07) is 8.01. The van der Waals surface area contributed by atoms with E-state index in [1.165, 1.54) is 0 Å². The number of amides is 1. The van der Waals surface area contributed by atoms with Gasteiger partial charge < -0.3 is 10.1 Å². The van der Waals surface area contributed by atoms with Crippen LogP contribution in [0.25, 0.3) is 0 Å². The molecule has 0 saturated heterocycles. The maximum absolute atomic E-state index is 11.5. The summed E-state index contributed by atoms with van der Waals surface area (Å²) in [6.45, 7) is 8.34. The summed E-state index contributed by atoms with van der Waals surface area (Å²) in [4.78, 5) is 22.7. The van der Waals surface area contributed by atoms with Gasteiger partial charge in [-0.1, -0.05) is 38.1 Å². The van der Waals surface area contributed by atoms with E-state index in [0.717, 1.165) is 11.1 Å². The van der Waals surface area contributed by atoms with Gasteiger partial charge in [-0.25, -0.2) is 4.79 Å². The van der Waals surface area contributed by atoms with Crippen LogP contribution in [0.4, 0.5) is 0 Å². The minimum atomic E-state index is -0.830. The maximum Gasteiger partial charge on any atom is 0.396 e. The van der Waals surface area contributed by atoms with Crippen molar-refractivity contribution in [1.29, 1.82) is 0 Å². The summed E-state index contributed by atoms with van der Waals surface area (Å²) in [7, 11) is 0. The molecule has 1 N–H and O–H groups in total. The standard InChI is InChI=1S/C15H21NO3/c1-5-19-14(18)13(17)16-10-15(3,4)12-9-7-6-8-11(12)2/h6-9H,5,10H2,1-4H3,(H,16,17). The zero-order valence-electron chi connectivity index (χ0n) is 11.9. The van der Waals surface area contributed by atoms with E-state index in [4.69, 9.17) is 0 Å². The van der Waals surface area contributed by atoms with Gasteiger partial charge in [0.25, 0.3) is 0 Å². The van der Waals surface area contributed by atoms with Crippen molar-refractivity contribution in [3.8, 4) is 0 Å². The molecule has 1 aromatic rings. The molecule has 0 aromatic heterocycles. The molecule has 0 fully saturated rings. The van der Waals surface area contributed by atoms with Gasteiger partial charge in [0.1, 0.15) is 0 Å². The Morgan fingerprint density at radius 2 is 1.89 bits per heavy atom. The van der Waals surface area contributed by atoms with Gasteiger partial charge in [0.2, 0.25) is 0 Å². The average molecular weight is 263 g/mol. The third kappa shape index (κ3) is 4.09. The second-order valence-electron chi connectivity index (χ2n) is 5.10. The van der Waals surface area contributed by atoms with Gasteiger partial charge in [-0.2, -0.15) is 0 Å². The number of carbonyl (C=O) groups excluding carboxylic acids is 2. The highest BCUT2D eigenvalue weighted by molar-refractivity contribution is 6.32. The Kier molecular flexibility index (Phi) is 5.10. The van der Waals surface area contributed by atoms with Crippen LogP contribution in [0.3, 0.4) is 0 Å². The maximum atomic E-state index is 11.5. The third-order valence-corrected chi connectivity index (χ3v) is 3.03. The predicted octanol–water partition coefficient (Wildman–Crippen LogP) is 1.95. The largest absolute Gasteiger partial charge is 0.459 e. The third-order valence-electron chi connectivity index (χ3n) is 3.03. The fourth-order valence-corrected chi connectivity index (χ4v) is 2.00. The molecule has 19 heavy (non-hydrogen) atoms. The first-order valence-electron chi connectivity index (χ1n) is 6.39. The van der Waals surface area contributed by atoms with Crippen LogP contribution in [0, 0.1) is 6.92 Å². The van der Waals surface area contributed by atoms with Gasteiger partial charge in [-0.15, -0.1) is 0 Å². The van der Waals surface area contributed by atoms with Crippen molar-refractivity contribution in [2.45, 2.75) is 33.1 Å². The summed E-state index contributed by atoms with van der Waals surface area (Å²) < 4.78 is 4.65. The molecule has 0 radical (unpaired) electrons. The lowest BCUT2D eigenvalue weighted by molar-refractivity contribution is -0.154. The van der Waals surface area contributed by atoms with E-state index in [0.29, 0.717) is 6.54 Å². The number of hydrogen-bond acceptors (Lipinski definition) is 3. The van der Waals surface area contributed by atoms with Crippen molar-refractivity contribution in [2.75, 3.05) is 13.2 Å². The van der Waals surface area contributed by atoms with Gasteiger partial charge in [0, 0.05) is 12.0 Å². The molecule has 104 valence electrons. The number of benzene rings is 1. The molecule has 1 rings (SSSR count). The normalized spacial score (nSPS) is 10.9. The van der Waals surface area contributed by atoms with E-state index < -0.39 is 11.9 Å². The molecule has 0 saturated carbocycles. The topological polar surface area (TPSA) is 55.4 Å². The van der Waals surface area contributed by atoms with Crippen LogP contribution in [0.5, 0.6) is 0 Å². The number of ether oxygens (including phenoxy) is 1. The number of nitrogens with one attached hydrogen (secondary N) is 1. The molecule has 0 unspecified atom stereocenters. The van der Waals surface area contributed by atoms with Crippen molar-refractivity contribution in [3.63, 3.8) is 0 Å². The highest BCUT2D eigenvalue weighted by atomic mass is 16.5. The smallest absolute Gasteiger partial charge is 0.396 e. The highest BCUT2D eigenvalue weighted by Crippen LogP contribution is 2.25. The molecule has 0 spiro atoms. The van der Waals surface area contributed by atoms with Gasteiger partial charge >= 0.3 is 11.9 Å². The molecule has 4 heteroatoms. The second kappa shape index (κ2) is 6.36. The van der Waals surface area contributed by atoms with Crippen molar-refractivity contribution >= 4 is 11.9 Å². The average Bonchev–Trinajstić information content (AvgIpc) is 2.36. The summed E-state index contributed by atoms with van der Waals surface area (Å²) in [5.41, 5.74) is 2.07. The van der Waals surface area contributed by atoms with Crippen LogP contribution < -0.4 is 5.32 Å². The Labute approximate surface area is 114 Å². The molecule has 4 nitrogen and oxygen atoms in total. The number of carbonyl (C=O) groups is 2. The van der Waals surface area contributed by atoms with Crippen molar-refractivity contribution in [3.05, 3.63) is 35.4 Å². The van der Waals surface area contributed by atoms with Gasteiger partial charge in [-0.05, 0) is 25.0 Å². The fourth-order valence-electron chi connectivity index (χ4n) is 2.00. The lowest BCUT2D eigenvalue weighted by Gasteiger charge is -2.27. The monoisotopic (exact) mass is 263 g/mol. The molecule has 0 aliphatic carbocycles. The van der Waals surface area contributed by atoms with Crippen LogP contribution >= 0.6 is 0 Å². The molecule has 0 aliphatic heterocycles. The predicted molar refractivity (Wildman–Crippen MR) is 73.8 cm³/mol. The molecule has 0 atom stereocenters. The Morgan fingerprint density at radius 3 is 2.47 bits per heavy atom. The number of hydrogen-bond donors (Lipinski definition) is 1. The Morgan fingerprint density at radius 1 is 1.26 bits per heavy atom. The Hall–Kier alpha value is -1.84. The zero-order valence-corrected chi connectivity index (χ0v) is 11.9. The van der Waals surface area contributed by atoms with E-state index in [9.17, 15) is 9.59 Å². The van der Waals surface area contributed by atoms with E-state index >= 15 is 0 Å². The summed E-state index contributed by atoms with van der Waals surface area (Å²) in [5.74, 6) is -1.52. The van der Waals surface area contributed by atoms with E-state index in [1.54, 1.807) is 6.92 Å². The second-order valence-corrected chi connectivity index (χ2v) is 5.10. The van der Waals surface area contributed by atoms with Crippen LogP contribution in [0.15, 0.2) is 24.3 Å². The fraction of sp³-hybridized carbons (Fsp3) is 0.467. The van der Waals surface area contributed by atoms with Crippen LogP contribution in [-0.4, -0.2) is 25.0 Å². The van der Waals surface area contributed by atoms with Crippen molar-refractivity contribution in [2.24, 2.45) is 0 Å². The molecule has 1 amide bonds. The van der Waals surface area contributed by atoms with E-state index in [-0.39, 0.29) is 12.0 Å². The molecule has 1 aromatic carbocycles. The number of esters is 1. The quantitative estimate of drug-likeness (QED) is 0.667. The molecular weight excluding hydrogens is 242 g/mol. The zero-order chi connectivity index (χ0) is 14.5. The minimum absolute atomic E-state index is 0.202. The number of aryl methyl sites for hydroxylation is 1. The van der Waals surface area contributed by atoms with Crippen LogP contribution in [0.1, 0.15) is 31.9 Å². The Balaban J connectivity index is 2.68. The first kappa shape index (κ1) is 15.2. The highest BCUT2D eigenvalue weighted by Gasteiger charge is 2.24.